The second-order valence-corrected chi connectivity index (χ2v) is 4.88. The van der Waals surface area contributed by atoms with Gasteiger partial charge in [0.2, 0.25) is 0 Å². The van der Waals surface area contributed by atoms with Crippen molar-refractivity contribution in [3.63, 3.8) is 0 Å². The van der Waals surface area contributed by atoms with Gasteiger partial charge in [0, 0.05) is 19.8 Å². The van der Waals surface area contributed by atoms with Crippen molar-refractivity contribution in [1.82, 2.24) is 14.7 Å². The number of carbonyl (C=O) groups excluding carboxylic acids is 1. The van der Waals surface area contributed by atoms with Gasteiger partial charge in [-0.05, 0) is 18.8 Å². The van der Waals surface area contributed by atoms with Crippen molar-refractivity contribution in [1.29, 1.82) is 0 Å². The van der Waals surface area contributed by atoms with E-state index in [9.17, 15) is 14.7 Å². The lowest BCUT2D eigenvalue weighted by molar-refractivity contribution is -0.144. The van der Waals surface area contributed by atoms with Crippen LogP contribution in [0, 0.1) is 5.92 Å². The van der Waals surface area contributed by atoms with Gasteiger partial charge < -0.3 is 10.0 Å². The molecule has 1 aromatic rings. The number of carbonyl (C=O) groups is 2. The van der Waals surface area contributed by atoms with E-state index in [1.54, 1.807) is 13.2 Å². The van der Waals surface area contributed by atoms with Crippen LogP contribution in [0.5, 0.6) is 0 Å². The van der Waals surface area contributed by atoms with E-state index in [0.717, 1.165) is 6.42 Å². The van der Waals surface area contributed by atoms with Gasteiger partial charge in [0.15, 0.2) is 0 Å². The number of amides is 1. The van der Waals surface area contributed by atoms with Gasteiger partial charge in [0.05, 0.1) is 11.8 Å². The van der Waals surface area contributed by atoms with Crippen LogP contribution in [0.15, 0.2) is 12.4 Å². The maximum absolute atomic E-state index is 12.2. The van der Waals surface area contributed by atoms with Crippen molar-refractivity contribution < 1.29 is 14.7 Å². The number of carboxylic acid groups (broad SMARTS) is 1. The first kappa shape index (κ1) is 12.6. The van der Waals surface area contributed by atoms with E-state index in [-0.39, 0.29) is 5.91 Å². The topological polar surface area (TPSA) is 75.4 Å². The Hall–Kier alpha value is -1.85. The third-order valence-corrected chi connectivity index (χ3v) is 3.36. The molecule has 0 saturated carbocycles. The predicted octanol–water partition coefficient (Wildman–Crippen LogP) is 0.745. The van der Waals surface area contributed by atoms with Crippen LogP contribution in [0.2, 0.25) is 0 Å². The van der Waals surface area contributed by atoms with Crippen LogP contribution < -0.4 is 0 Å². The second kappa shape index (κ2) is 4.80. The Labute approximate surface area is 105 Å². The predicted molar refractivity (Wildman–Crippen MR) is 64.1 cm³/mol. The summed E-state index contributed by atoms with van der Waals surface area (Å²) >= 11 is 0. The fourth-order valence-corrected chi connectivity index (χ4v) is 2.32. The molecule has 1 aliphatic rings. The zero-order chi connectivity index (χ0) is 13.3. The zero-order valence-corrected chi connectivity index (χ0v) is 10.5. The van der Waals surface area contributed by atoms with E-state index in [1.165, 1.54) is 15.8 Å². The van der Waals surface area contributed by atoms with Crippen LogP contribution in [0.1, 0.15) is 30.1 Å². The van der Waals surface area contributed by atoms with Crippen molar-refractivity contribution in [2.24, 2.45) is 13.0 Å². The summed E-state index contributed by atoms with van der Waals surface area (Å²) < 4.78 is 1.54. The standard InChI is InChI=1S/C12H17N3O3/c1-8-3-4-15(10(5-8)12(17)18)11(16)9-6-13-14(2)7-9/h6-8,10H,3-5H2,1-2H3,(H,17,18). The number of hydrogen-bond donors (Lipinski definition) is 1. The third kappa shape index (κ3) is 2.37. The molecule has 0 aliphatic carbocycles. The Morgan fingerprint density at radius 3 is 2.78 bits per heavy atom. The summed E-state index contributed by atoms with van der Waals surface area (Å²) in [5.41, 5.74) is 0.443. The molecule has 1 aliphatic heterocycles. The first-order valence-corrected chi connectivity index (χ1v) is 6.01. The van der Waals surface area contributed by atoms with Gasteiger partial charge in [0.1, 0.15) is 6.04 Å². The van der Waals surface area contributed by atoms with Crippen LogP contribution in [0.3, 0.4) is 0 Å². The van der Waals surface area contributed by atoms with Crippen molar-refractivity contribution in [3.8, 4) is 0 Å². The van der Waals surface area contributed by atoms with Crippen LogP contribution in [-0.2, 0) is 11.8 Å². The van der Waals surface area contributed by atoms with Crippen molar-refractivity contribution in [3.05, 3.63) is 18.0 Å². The lowest BCUT2D eigenvalue weighted by Gasteiger charge is -2.35. The van der Waals surface area contributed by atoms with Crippen LogP contribution in [-0.4, -0.2) is 44.3 Å². The number of likely N-dealkylation sites (tertiary alicyclic amines) is 1. The van der Waals surface area contributed by atoms with Crippen molar-refractivity contribution in [2.75, 3.05) is 6.54 Å². The minimum absolute atomic E-state index is 0.248. The van der Waals surface area contributed by atoms with Gasteiger partial charge in [-0.25, -0.2) is 4.79 Å². The van der Waals surface area contributed by atoms with Crippen LogP contribution >= 0.6 is 0 Å². The van der Waals surface area contributed by atoms with E-state index >= 15 is 0 Å². The first-order valence-electron chi connectivity index (χ1n) is 6.01. The monoisotopic (exact) mass is 251 g/mol. The highest BCUT2D eigenvalue weighted by Crippen LogP contribution is 2.24. The molecular formula is C12H17N3O3. The Kier molecular flexibility index (Phi) is 3.36. The first-order chi connectivity index (χ1) is 8.49. The quantitative estimate of drug-likeness (QED) is 0.841. The van der Waals surface area contributed by atoms with Crippen molar-refractivity contribution >= 4 is 11.9 Å². The number of carboxylic acids is 1. The Bertz CT molecular complexity index is 469. The summed E-state index contributed by atoms with van der Waals surface area (Å²) in [5, 5.41) is 13.2. The lowest BCUT2D eigenvalue weighted by atomic mass is 9.92. The normalized spacial score (nSPS) is 24.0. The highest BCUT2D eigenvalue weighted by atomic mass is 16.4. The number of aryl methyl sites for hydroxylation is 1. The molecule has 98 valence electrons. The molecule has 0 spiro atoms. The SMILES string of the molecule is CC1CCN(C(=O)c2cnn(C)c2)C(C(=O)O)C1. The molecule has 1 fully saturated rings. The maximum atomic E-state index is 12.2. The van der Waals surface area contributed by atoms with E-state index in [0.29, 0.717) is 24.4 Å². The number of aliphatic carboxylic acids is 1. The third-order valence-electron chi connectivity index (χ3n) is 3.36. The molecule has 1 N–H and O–H groups in total. The van der Waals surface area contributed by atoms with Gasteiger partial charge >= 0.3 is 5.97 Å². The van der Waals surface area contributed by atoms with Gasteiger partial charge in [-0.3, -0.25) is 9.48 Å². The summed E-state index contributed by atoms with van der Waals surface area (Å²) in [7, 11) is 1.73. The van der Waals surface area contributed by atoms with Gasteiger partial charge in [-0.2, -0.15) is 5.10 Å². The summed E-state index contributed by atoms with van der Waals surface area (Å²) in [6.07, 6.45) is 4.44. The fraction of sp³-hybridized carbons (Fsp3) is 0.583. The Morgan fingerprint density at radius 1 is 1.50 bits per heavy atom. The average molecular weight is 251 g/mol. The molecule has 2 rings (SSSR count). The summed E-state index contributed by atoms with van der Waals surface area (Å²) in [6, 6.07) is -0.721. The molecule has 1 saturated heterocycles. The molecule has 2 atom stereocenters. The fourth-order valence-electron chi connectivity index (χ4n) is 2.32. The largest absolute Gasteiger partial charge is 0.480 e. The highest BCUT2D eigenvalue weighted by molar-refractivity contribution is 5.96. The van der Waals surface area contributed by atoms with E-state index in [1.807, 2.05) is 6.92 Å². The van der Waals surface area contributed by atoms with Gasteiger partial charge in [-0.15, -0.1) is 0 Å². The second-order valence-electron chi connectivity index (χ2n) is 4.88. The van der Waals surface area contributed by atoms with Gasteiger partial charge in [-0.1, -0.05) is 6.92 Å². The Morgan fingerprint density at radius 2 is 2.22 bits per heavy atom. The van der Waals surface area contributed by atoms with Gasteiger partial charge in [0.25, 0.3) is 5.91 Å². The summed E-state index contributed by atoms with van der Waals surface area (Å²) in [4.78, 5) is 24.9. The molecule has 1 aromatic heterocycles. The molecule has 2 unspecified atom stereocenters. The zero-order valence-electron chi connectivity index (χ0n) is 10.5. The van der Waals surface area contributed by atoms with E-state index < -0.39 is 12.0 Å². The molecule has 1 amide bonds. The molecular weight excluding hydrogens is 234 g/mol. The maximum Gasteiger partial charge on any atom is 0.326 e. The minimum atomic E-state index is -0.932. The molecule has 6 nitrogen and oxygen atoms in total. The van der Waals surface area contributed by atoms with Crippen LogP contribution in [0.4, 0.5) is 0 Å². The highest BCUT2D eigenvalue weighted by Gasteiger charge is 2.35. The number of rotatable bonds is 2. The number of nitrogens with zero attached hydrogens (tertiary/aromatic N) is 3. The molecule has 0 radical (unpaired) electrons. The molecule has 18 heavy (non-hydrogen) atoms. The lowest BCUT2D eigenvalue weighted by Crippen LogP contribution is -2.49. The summed E-state index contributed by atoms with van der Waals surface area (Å²) in [6.45, 7) is 2.51. The van der Waals surface area contributed by atoms with E-state index in [2.05, 4.69) is 5.10 Å². The smallest absolute Gasteiger partial charge is 0.326 e. The number of hydrogen-bond acceptors (Lipinski definition) is 3. The van der Waals surface area contributed by atoms with E-state index in [4.69, 9.17) is 0 Å². The average Bonchev–Trinajstić information content (AvgIpc) is 2.75. The molecule has 6 heteroatoms. The molecule has 0 bridgehead atoms. The van der Waals surface area contributed by atoms with Crippen molar-refractivity contribution in [2.45, 2.75) is 25.8 Å². The van der Waals surface area contributed by atoms with Crippen LogP contribution in [0.25, 0.3) is 0 Å². The molecule has 0 aromatic carbocycles. The molecule has 2 heterocycles. The summed E-state index contributed by atoms with van der Waals surface area (Å²) in [5.74, 6) is -0.842. The Balaban J connectivity index is 2.20. The minimum Gasteiger partial charge on any atom is -0.480 e. The number of aromatic nitrogens is 2. The number of piperidine rings is 1.